The largest absolute Gasteiger partial charge is 0.378 e. The van der Waals surface area contributed by atoms with Crippen molar-refractivity contribution < 1.29 is 0 Å². The van der Waals surface area contributed by atoms with E-state index in [1.165, 1.54) is 25.0 Å². The average Bonchev–Trinajstić information content (AvgIpc) is 2.41. The molecule has 0 radical (unpaired) electrons. The maximum atomic E-state index is 4.26. The van der Waals surface area contributed by atoms with E-state index < -0.39 is 0 Å². The van der Waals surface area contributed by atoms with Crippen LogP contribution in [0, 0.1) is 10.8 Å². The van der Waals surface area contributed by atoms with Gasteiger partial charge in [0.05, 0.1) is 5.82 Å². The van der Waals surface area contributed by atoms with E-state index >= 15 is 0 Å². The predicted molar refractivity (Wildman–Crippen MR) is 114 cm³/mol. The SMILES string of the molecule is C=C(CC(C)(C)C)N(C)CCCCCN(C)C(=C)N(C)CC(C)(C)C. The normalized spacial score (nSPS) is 12.0. The van der Waals surface area contributed by atoms with Crippen LogP contribution in [0.25, 0.3) is 0 Å². The van der Waals surface area contributed by atoms with Gasteiger partial charge in [-0.1, -0.05) is 54.7 Å². The Morgan fingerprint density at radius 1 is 0.680 bits per heavy atom. The summed E-state index contributed by atoms with van der Waals surface area (Å²) in [4.78, 5) is 6.88. The molecule has 0 bridgehead atoms. The Morgan fingerprint density at radius 3 is 1.60 bits per heavy atom. The first-order chi connectivity index (χ1) is 11.2. The van der Waals surface area contributed by atoms with Crippen LogP contribution in [0.3, 0.4) is 0 Å². The summed E-state index contributed by atoms with van der Waals surface area (Å²) in [7, 11) is 6.46. The topological polar surface area (TPSA) is 9.72 Å². The lowest BCUT2D eigenvalue weighted by atomic mass is 9.90. The highest BCUT2D eigenvalue weighted by molar-refractivity contribution is 4.96. The van der Waals surface area contributed by atoms with Gasteiger partial charge in [0.15, 0.2) is 0 Å². The van der Waals surface area contributed by atoms with Crippen molar-refractivity contribution in [3.63, 3.8) is 0 Å². The van der Waals surface area contributed by atoms with Crippen molar-refractivity contribution in [2.75, 3.05) is 40.8 Å². The number of rotatable bonds is 11. The van der Waals surface area contributed by atoms with Crippen LogP contribution in [0.5, 0.6) is 0 Å². The van der Waals surface area contributed by atoms with Crippen molar-refractivity contribution in [3.8, 4) is 0 Å². The van der Waals surface area contributed by atoms with E-state index in [0.717, 1.165) is 31.9 Å². The zero-order valence-electron chi connectivity index (χ0n) is 18.7. The van der Waals surface area contributed by atoms with Crippen molar-refractivity contribution >= 4 is 0 Å². The molecule has 0 N–H and O–H groups in total. The Morgan fingerprint density at radius 2 is 1.16 bits per heavy atom. The third kappa shape index (κ3) is 12.0. The van der Waals surface area contributed by atoms with Crippen LogP contribution >= 0.6 is 0 Å². The fourth-order valence-electron chi connectivity index (χ4n) is 3.00. The molecule has 25 heavy (non-hydrogen) atoms. The summed E-state index contributed by atoms with van der Waals surface area (Å²) in [5, 5.41) is 0. The van der Waals surface area contributed by atoms with Gasteiger partial charge in [0.2, 0.25) is 0 Å². The second kappa shape index (κ2) is 10.1. The quantitative estimate of drug-likeness (QED) is 0.460. The molecule has 0 saturated carbocycles. The predicted octanol–water partition coefficient (Wildman–Crippen LogP) is 5.42. The van der Waals surface area contributed by atoms with Gasteiger partial charge in [-0.15, -0.1) is 0 Å². The first-order valence-electron chi connectivity index (χ1n) is 9.73. The summed E-state index contributed by atoms with van der Waals surface area (Å²) in [5.41, 5.74) is 1.85. The van der Waals surface area contributed by atoms with Crippen LogP contribution in [-0.2, 0) is 0 Å². The molecule has 0 heterocycles. The molecular formula is C22H45N3. The van der Waals surface area contributed by atoms with Crippen LogP contribution in [0.4, 0.5) is 0 Å². The lowest BCUT2D eigenvalue weighted by Gasteiger charge is -2.34. The zero-order valence-corrected chi connectivity index (χ0v) is 18.7. The summed E-state index contributed by atoms with van der Waals surface area (Å²) in [6.45, 7) is 25.3. The molecule has 0 rings (SSSR count). The Balaban J connectivity index is 4.01. The third-order valence-corrected chi connectivity index (χ3v) is 4.35. The lowest BCUT2D eigenvalue weighted by Crippen LogP contribution is -2.35. The van der Waals surface area contributed by atoms with E-state index in [1.807, 2.05) is 0 Å². The van der Waals surface area contributed by atoms with E-state index in [2.05, 4.69) is 90.5 Å². The Bertz CT molecular complexity index is 412. The molecule has 0 amide bonds. The molecule has 3 heteroatoms. The smallest absolute Gasteiger partial charge is 0.0960 e. The maximum absolute atomic E-state index is 4.26. The van der Waals surface area contributed by atoms with Gasteiger partial charge in [-0.25, -0.2) is 0 Å². The minimum Gasteiger partial charge on any atom is -0.378 e. The summed E-state index contributed by atoms with van der Waals surface area (Å²) < 4.78 is 0. The van der Waals surface area contributed by atoms with Gasteiger partial charge in [-0.05, 0) is 36.5 Å². The minimum atomic E-state index is 0.290. The number of unbranched alkanes of at least 4 members (excludes halogenated alkanes) is 2. The molecule has 0 aromatic rings. The van der Waals surface area contributed by atoms with Gasteiger partial charge in [-0.3, -0.25) is 0 Å². The number of hydrogen-bond acceptors (Lipinski definition) is 3. The monoisotopic (exact) mass is 351 g/mol. The highest BCUT2D eigenvalue weighted by atomic mass is 15.3. The van der Waals surface area contributed by atoms with E-state index in [9.17, 15) is 0 Å². The standard InChI is InChI=1S/C22H45N3/c1-19(17-21(3,4)5)23(9)15-13-12-14-16-24(10)20(2)25(11)18-22(6,7)8/h1-2,12-18H2,3-11H3. The third-order valence-electron chi connectivity index (χ3n) is 4.35. The lowest BCUT2D eigenvalue weighted by molar-refractivity contribution is 0.206. The number of allylic oxidation sites excluding steroid dienone is 1. The summed E-state index contributed by atoms with van der Waals surface area (Å²) >= 11 is 0. The second-order valence-electron chi connectivity index (χ2n) is 10.0. The Labute approximate surface area is 158 Å². The van der Waals surface area contributed by atoms with Crippen molar-refractivity contribution in [1.82, 2.24) is 14.7 Å². The molecule has 0 unspecified atom stereocenters. The highest BCUT2D eigenvalue weighted by Gasteiger charge is 2.16. The van der Waals surface area contributed by atoms with Crippen LogP contribution in [0.1, 0.15) is 67.2 Å². The molecule has 0 aliphatic heterocycles. The molecule has 148 valence electrons. The summed E-state index contributed by atoms with van der Waals surface area (Å²) in [6.07, 6.45) is 4.73. The van der Waals surface area contributed by atoms with Crippen LogP contribution < -0.4 is 0 Å². The first-order valence-corrected chi connectivity index (χ1v) is 9.73. The second-order valence-corrected chi connectivity index (χ2v) is 10.0. The molecule has 0 atom stereocenters. The fraction of sp³-hybridized carbons (Fsp3) is 0.818. The van der Waals surface area contributed by atoms with Gasteiger partial charge < -0.3 is 14.7 Å². The van der Waals surface area contributed by atoms with Gasteiger partial charge in [0.25, 0.3) is 0 Å². The zero-order chi connectivity index (χ0) is 19.8. The van der Waals surface area contributed by atoms with Gasteiger partial charge in [-0.2, -0.15) is 0 Å². The molecule has 0 aliphatic carbocycles. The van der Waals surface area contributed by atoms with Gasteiger partial charge >= 0.3 is 0 Å². The molecule has 0 spiro atoms. The molecule has 3 nitrogen and oxygen atoms in total. The van der Waals surface area contributed by atoms with E-state index in [-0.39, 0.29) is 0 Å². The highest BCUT2D eigenvalue weighted by Crippen LogP contribution is 2.24. The molecular weight excluding hydrogens is 306 g/mol. The molecule has 0 aliphatic rings. The van der Waals surface area contributed by atoms with Crippen molar-refractivity contribution in [2.45, 2.75) is 67.2 Å². The molecule has 0 saturated heterocycles. The maximum Gasteiger partial charge on any atom is 0.0960 e. The van der Waals surface area contributed by atoms with Crippen molar-refractivity contribution in [2.24, 2.45) is 10.8 Å². The molecule has 0 aromatic carbocycles. The van der Waals surface area contributed by atoms with E-state index in [1.54, 1.807) is 0 Å². The van der Waals surface area contributed by atoms with Gasteiger partial charge in [0.1, 0.15) is 0 Å². The summed E-state index contributed by atoms with van der Waals surface area (Å²) in [5.74, 6) is 1.12. The van der Waals surface area contributed by atoms with Crippen molar-refractivity contribution in [3.05, 3.63) is 24.7 Å². The number of nitrogens with zero attached hydrogens (tertiary/aromatic N) is 3. The molecule has 0 aromatic heterocycles. The van der Waals surface area contributed by atoms with E-state index in [0.29, 0.717) is 10.8 Å². The van der Waals surface area contributed by atoms with Crippen molar-refractivity contribution in [1.29, 1.82) is 0 Å². The Hall–Kier alpha value is -1.12. The first kappa shape index (κ1) is 23.9. The fourth-order valence-corrected chi connectivity index (χ4v) is 3.00. The van der Waals surface area contributed by atoms with Gasteiger partial charge in [0, 0.05) is 46.5 Å². The number of hydrogen-bond donors (Lipinski definition) is 0. The average molecular weight is 352 g/mol. The van der Waals surface area contributed by atoms with Crippen LogP contribution in [0.15, 0.2) is 24.7 Å². The Kier molecular flexibility index (Phi) is 9.68. The van der Waals surface area contributed by atoms with Crippen LogP contribution in [0.2, 0.25) is 0 Å². The van der Waals surface area contributed by atoms with Crippen LogP contribution in [-0.4, -0.2) is 55.5 Å². The molecule has 0 fully saturated rings. The summed E-state index contributed by atoms with van der Waals surface area (Å²) in [6, 6.07) is 0. The van der Waals surface area contributed by atoms with E-state index in [4.69, 9.17) is 0 Å². The minimum absolute atomic E-state index is 0.290.